The molecule has 0 radical (unpaired) electrons. The van der Waals surface area contributed by atoms with E-state index in [9.17, 15) is 12.8 Å². The zero-order valence-electron chi connectivity index (χ0n) is 12.9. The molecule has 0 aromatic heterocycles. The van der Waals surface area contributed by atoms with Crippen molar-refractivity contribution in [2.75, 3.05) is 11.4 Å². The van der Waals surface area contributed by atoms with Crippen LogP contribution in [0.15, 0.2) is 41.3 Å². The summed E-state index contributed by atoms with van der Waals surface area (Å²) in [7, 11) is -3.79. The van der Waals surface area contributed by atoms with Crippen molar-refractivity contribution in [2.24, 2.45) is 5.14 Å². The van der Waals surface area contributed by atoms with Gasteiger partial charge in [-0.1, -0.05) is 12.1 Å². The lowest BCUT2D eigenvalue weighted by Gasteiger charge is -2.32. The lowest BCUT2D eigenvalue weighted by molar-refractivity contribution is 0.594. The van der Waals surface area contributed by atoms with Crippen molar-refractivity contribution in [2.45, 2.75) is 24.3 Å². The normalized spacial score (nSPS) is 14.1. The Morgan fingerprint density at radius 2 is 2.04 bits per heavy atom. The minimum absolute atomic E-state index is 0.0495. The minimum atomic E-state index is -3.79. The van der Waals surface area contributed by atoms with Gasteiger partial charge in [0.05, 0.1) is 16.5 Å². The molecule has 2 aromatic carbocycles. The minimum Gasteiger partial charge on any atom is -0.367 e. The Bertz CT molecular complexity index is 935. The molecular weight excluding hydrogens is 329 g/mol. The molecular formula is C17H16FN3O2S. The Kier molecular flexibility index (Phi) is 4.26. The second-order valence-corrected chi connectivity index (χ2v) is 7.34. The summed E-state index contributed by atoms with van der Waals surface area (Å²) in [5.74, 6) is -0.441. The molecule has 124 valence electrons. The number of nitrogens with two attached hydrogens (primary N) is 1. The van der Waals surface area contributed by atoms with Crippen LogP contribution < -0.4 is 10.0 Å². The number of fused-ring (bicyclic) bond motifs is 1. The van der Waals surface area contributed by atoms with Crippen molar-refractivity contribution in [1.29, 1.82) is 5.26 Å². The van der Waals surface area contributed by atoms with E-state index in [1.807, 2.05) is 11.0 Å². The first-order valence-corrected chi connectivity index (χ1v) is 9.02. The molecule has 1 aliphatic rings. The second-order valence-electron chi connectivity index (χ2n) is 5.78. The molecule has 7 heteroatoms. The van der Waals surface area contributed by atoms with Crippen LogP contribution in [0.2, 0.25) is 0 Å². The zero-order valence-corrected chi connectivity index (χ0v) is 13.7. The van der Waals surface area contributed by atoms with Gasteiger partial charge in [-0.25, -0.2) is 17.9 Å². The summed E-state index contributed by atoms with van der Waals surface area (Å²) in [5, 5.41) is 14.0. The van der Waals surface area contributed by atoms with E-state index in [2.05, 4.69) is 0 Å². The predicted octanol–water partition coefficient (Wildman–Crippen LogP) is 2.30. The molecule has 0 unspecified atom stereocenters. The van der Waals surface area contributed by atoms with Crippen LogP contribution in [-0.4, -0.2) is 15.0 Å². The zero-order chi connectivity index (χ0) is 17.3. The van der Waals surface area contributed by atoms with Gasteiger partial charge in [0.15, 0.2) is 0 Å². The lowest BCUT2D eigenvalue weighted by atomic mass is 10.0. The quantitative estimate of drug-likeness (QED) is 0.924. The maximum atomic E-state index is 14.1. The van der Waals surface area contributed by atoms with Crippen LogP contribution in [0.25, 0.3) is 0 Å². The summed E-state index contributed by atoms with van der Waals surface area (Å²) < 4.78 is 37.3. The van der Waals surface area contributed by atoms with E-state index < -0.39 is 15.8 Å². The molecule has 1 heterocycles. The lowest BCUT2D eigenvalue weighted by Crippen LogP contribution is -2.29. The van der Waals surface area contributed by atoms with Crippen LogP contribution in [0.1, 0.15) is 23.1 Å². The van der Waals surface area contributed by atoms with Gasteiger partial charge in [0, 0.05) is 24.3 Å². The number of halogens is 1. The standard InChI is InChI=1S/C17H16FN3O2S/c18-16-8-12(10-19)3-4-14(16)11-21-7-1-2-13-5-6-15(9-17(13)21)24(20,22)23/h3-6,8-9H,1-2,7,11H2,(H2,20,22,23). The maximum Gasteiger partial charge on any atom is 0.238 e. The van der Waals surface area contributed by atoms with Crippen molar-refractivity contribution >= 4 is 15.7 Å². The summed E-state index contributed by atoms with van der Waals surface area (Å²) >= 11 is 0. The van der Waals surface area contributed by atoms with Gasteiger partial charge < -0.3 is 4.90 Å². The van der Waals surface area contributed by atoms with Crippen LogP contribution in [0.4, 0.5) is 10.1 Å². The third kappa shape index (κ3) is 3.25. The smallest absolute Gasteiger partial charge is 0.238 e. The molecule has 1 aliphatic heterocycles. The monoisotopic (exact) mass is 345 g/mol. The first kappa shape index (κ1) is 16.4. The molecule has 0 saturated heterocycles. The van der Waals surface area contributed by atoms with E-state index in [0.717, 1.165) is 24.1 Å². The topological polar surface area (TPSA) is 87.2 Å². The van der Waals surface area contributed by atoms with E-state index in [-0.39, 0.29) is 10.5 Å². The van der Waals surface area contributed by atoms with E-state index >= 15 is 0 Å². The Balaban J connectivity index is 1.96. The highest BCUT2D eigenvalue weighted by Crippen LogP contribution is 2.31. The fraction of sp³-hybridized carbons (Fsp3) is 0.235. The number of rotatable bonds is 3. The predicted molar refractivity (Wildman–Crippen MR) is 88.3 cm³/mol. The van der Waals surface area contributed by atoms with E-state index in [1.54, 1.807) is 24.3 Å². The summed E-state index contributed by atoms with van der Waals surface area (Å²) in [6, 6.07) is 11.1. The number of benzene rings is 2. The van der Waals surface area contributed by atoms with Gasteiger partial charge in [0.2, 0.25) is 10.0 Å². The molecule has 2 N–H and O–H groups in total. The van der Waals surface area contributed by atoms with Gasteiger partial charge in [-0.3, -0.25) is 0 Å². The van der Waals surface area contributed by atoms with Crippen LogP contribution in [0, 0.1) is 17.1 Å². The first-order chi connectivity index (χ1) is 11.4. The Morgan fingerprint density at radius 1 is 1.25 bits per heavy atom. The number of hydrogen-bond donors (Lipinski definition) is 1. The molecule has 3 rings (SSSR count). The van der Waals surface area contributed by atoms with Gasteiger partial charge in [-0.05, 0) is 42.7 Å². The van der Waals surface area contributed by atoms with Crippen LogP contribution in [-0.2, 0) is 23.0 Å². The number of nitrogens with zero attached hydrogens (tertiary/aromatic N) is 2. The van der Waals surface area contributed by atoms with Crippen molar-refractivity contribution in [3.8, 4) is 6.07 Å². The number of sulfonamides is 1. The second kappa shape index (κ2) is 6.23. The van der Waals surface area contributed by atoms with Gasteiger partial charge in [0.1, 0.15) is 5.82 Å². The van der Waals surface area contributed by atoms with E-state index in [0.29, 0.717) is 18.7 Å². The number of nitriles is 1. The molecule has 0 amide bonds. The largest absolute Gasteiger partial charge is 0.367 e. The molecule has 0 spiro atoms. The highest BCUT2D eigenvalue weighted by atomic mass is 32.2. The van der Waals surface area contributed by atoms with E-state index in [4.69, 9.17) is 10.4 Å². The number of hydrogen-bond acceptors (Lipinski definition) is 4. The maximum absolute atomic E-state index is 14.1. The molecule has 0 saturated carbocycles. The summed E-state index contributed by atoms with van der Waals surface area (Å²) in [4.78, 5) is 1.99. The molecule has 0 bridgehead atoms. The van der Waals surface area contributed by atoms with E-state index in [1.165, 1.54) is 12.1 Å². The van der Waals surface area contributed by atoms with Crippen LogP contribution >= 0.6 is 0 Å². The van der Waals surface area contributed by atoms with Gasteiger partial charge in [-0.15, -0.1) is 0 Å². The number of aryl methyl sites for hydroxylation is 1. The third-order valence-electron chi connectivity index (χ3n) is 4.14. The van der Waals surface area contributed by atoms with Gasteiger partial charge in [0.25, 0.3) is 0 Å². The van der Waals surface area contributed by atoms with Gasteiger partial charge in [-0.2, -0.15) is 5.26 Å². The highest BCUT2D eigenvalue weighted by Gasteiger charge is 2.21. The summed E-state index contributed by atoms with van der Waals surface area (Å²) in [6.07, 6.45) is 1.74. The molecule has 0 aliphatic carbocycles. The van der Waals surface area contributed by atoms with Crippen LogP contribution in [0.5, 0.6) is 0 Å². The molecule has 24 heavy (non-hydrogen) atoms. The van der Waals surface area contributed by atoms with Crippen LogP contribution in [0.3, 0.4) is 0 Å². The third-order valence-corrected chi connectivity index (χ3v) is 5.05. The summed E-state index contributed by atoms with van der Waals surface area (Å²) in [5.41, 5.74) is 2.51. The Hall–Kier alpha value is -2.43. The Labute approximate surface area is 140 Å². The molecule has 0 fully saturated rings. The number of primary sulfonamides is 1. The Morgan fingerprint density at radius 3 is 2.71 bits per heavy atom. The molecule has 0 atom stereocenters. The van der Waals surface area contributed by atoms with Crippen molar-refractivity contribution in [3.63, 3.8) is 0 Å². The average molecular weight is 345 g/mol. The fourth-order valence-electron chi connectivity index (χ4n) is 2.92. The first-order valence-electron chi connectivity index (χ1n) is 7.47. The highest BCUT2D eigenvalue weighted by molar-refractivity contribution is 7.89. The molecule has 2 aromatic rings. The van der Waals surface area contributed by atoms with Gasteiger partial charge >= 0.3 is 0 Å². The summed E-state index contributed by atoms with van der Waals surface area (Å²) in [6.45, 7) is 0.999. The fourth-order valence-corrected chi connectivity index (χ4v) is 3.46. The van der Waals surface area contributed by atoms with Crippen molar-refractivity contribution in [3.05, 3.63) is 58.9 Å². The van der Waals surface area contributed by atoms with Crippen molar-refractivity contribution < 1.29 is 12.8 Å². The number of anilines is 1. The molecule has 5 nitrogen and oxygen atoms in total. The SMILES string of the molecule is N#Cc1ccc(CN2CCCc3ccc(S(N)(=O)=O)cc32)c(F)c1. The van der Waals surface area contributed by atoms with Crippen molar-refractivity contribution in [1.82, 2.24) is 0 Å². The average Bonchev–Trinajstić information content (AvgIpc) is 2.55.